The molecule has 1 aliphatic heterocycles. The van der Waals surface area contributed by atoms with Gasteiger partial charge in [-0.2, -0.15) is 0 Å². The highest BCUT2D eigenvalue weighted by atomic mass is 35.5. The lowest BCUT2D eigenvalue weighted by Crippen LogP contribution is -2.38. The first-order valence-corrected chi connectivity index (χ1v) is 8.46. The minimum atomic E-state index is -0.579. The summed E-state index contributed by atoms with van der Waals surface area (Å²) in [5, 5.41) is 20.2. The number of hydrogen-bond acceptors (Lipinski definition) is 4. The van der Waals surface area contributed by atoms with Gasteiger partial charge in [-0.15, -0.1) is 0 Å². The van der Waals surface area contributed by atoms with Crippen molar-refractivity contribution in [2.75, 3.05) is 26.3 Å². The van der Waals surface area contributed by atoms with E-state index in [1.165, 1.54) is 0 Å². The van der Waals surface area contributed by atoms with E-state index in [9.17, 15) is 5.11 Å². The summed E-state index contributed by atoms with van der Waals surface area (Å²) in [5.74, 6) is 0.492. The van der Waals surface area contributed by atoms with Crippen LogP contribution in [0.25, 0.3) is 0 Å². The van der Waals surface area contributed by atoms with Gasteiger partial charge in [-0.3, -0.25) is 4.90 Å². The van der Waals surface area contributed by atoms with Crippen LogP contribution in [0.4, 0.5) is 0 Å². The van der Waals surface area contributed by atoms with Crippen LogP contribution in [0.2, 0.25) is 10.0 Å². The maximum Gasteiger partial charge on any atom is 0.139 e. The van der Waals surface area contributed by atoms with E-state index in [-0.39, 0.29) is 13.2 Å². The van der Waals surface area contributed by atoms with E-state index in [2.05, 4.69) is 4.90 Å². The molecule has 124 valence electrons. The average Bonchev–Trinajstić information content (AvgIpc) is 2.93. The molecule has 1 heterocycles. The molecule has 0 aliphatic carbocycles. The summed E-state index contributed by atoms with van der Waals surface area (Å²) in [5.41, 5.74) is 0. The predicted molar refractivity (Wildman–Crippen MR) is 88.9 cm³/mol. The summed E-state index contributed by atoms with van der Waals surface area (Å²) >= 11 is 11.9. The molecule has 2 N–H and O–H groups in total. The molecule has 1 aliphatic rings. The molecule has 1 fully saturated rings. The summed E-state index contributed by atoms with van der Waals surface area (Å²) in [6.07, 6.45) is 3.48. The smallest absolute Gasteiger partial charge is 0.139 e. The Balaban J connectivity index is 1.79. The fourth-order valence-electron chi connectivity index (χ4n) is 2.89. The van der Waals surface area contributed by atoms with Crippen molar-refractivity contribution in [3.05, 3.63) is 28.2 Å². The van der Waals surface area contributed by atoms with Crippen LogP contribution < -0.4 is 4.74 Å². The number of benzene rings is 1. The van der Waals surface area contributed by atoms with Gasteiger partial charge in [0.05, 0.1) is 5.02 Å². The number of aliphatic hydroxyl groups excluding tert-OH is 2. The zero-order valence-electron chi connectivity index (χ0n) is 12.5. The molecular formula is C16H23Cl2NO3. The van der Waals surface area contributed by atoms with Crippen LogP contribution in [0.1, 0.15) is 25.7 Å². The van der Waals surface area contributed by atoms with Crippen molar-refractivity contribution in [1.82, 2.24) is 4.90 Å². The fourth-order valence-corrected chi connectivity index (χ4v) is 3.22. The molecule has 6 heteroatoms. The second kappa shape index (κ2) is 8.94. The van der Waals surface area contributed by atoms with Crippen molar-refractivity contribution in [1.29, 1.82) is 0 Å². The largest absolute Gasteiger partial charge is 0.489 e. The molecule has 1 aromatic carbocycles. The Bertz CT molecular complexity index is 473. The van der Waals surface area contributed by atoms with E-state index in [4.69, 9.17) is 33.0 Å². The average molecular weight is 348 g/mol. The fraction of sp³-hybridized carbons (Fsp3) is 0.625. The standard InChI is InChI=1S/C16H23Cl2NO3/c17-12-5-6-15(18)16(9-12)22-11-14(21)10-19-7-1-3-13(19)4-2-8-20/h5-6,9,13-14,20-21H,1-4,7-8,10-11H2. The van der Waals surface area contributed by atoms with Crippen molar-refractivity contribution in [2.45, 2.75) is 37.8 Å². The normalized spacial score (nSPS) is 20.3. The Morgan fingerprint density at radius 2 is 2.18 bits per heavy atom. The molecule has 1 saturated heterocycles. The lowest BCUT2D eigenvalue weighted by atomic mass is 10.1. The SMILES string of the molecule is OCCCC1CCCN1CC(O)COc1cc(Cl)ccc1Cl. The van der Waals surface area contributed by atoms with Gasteiger partial charge in [0.2, 0.25) is 0 Å². The maximum atomic E-state index is 10.2. The first kappa shape index (κ1) is 17.8. The van der Waals surface area contributed by atoms with E-state index in [0.29, 0.717) is 28.4 Å². The molecule has 22 heavy (non-hydrogen) atoms. The van der Waals surface area contributed by atoms with Gasteiger partial charge < -0.3 is 14.9 Å². The quantitative estimate of drug-likeness (QED) is 0.758. The number of likely N-dealkylation sites (tertiary alicyclic amines) is 1. The van der Waals surface area contributed by atoms with Crippen LogP contribution >= 0.6 is 23.2 Å². The van der Waals surface area contributed by atoms with E-state index in [1.807, 2.05) is 0 Å². The topological polar surface area (TPSA) is 52.9 Å². The third kappa shape index (κ3) is 5.28. The van der Waals surface area contributed by atoms with Gasteiger partial charge >= 0.3 is 0 Å². The maximum absolute atomic E-state index is 10.2. The number of halogens is 2. The first-order chi connectivity index (χ1) is 10.6. The Kier molecular flexibility index (Phi) is 7.25. The van der Waals surface area contributed by atoms with Gasteiger partial charge in [0.1, 0.15) is 18.5 Å². The van der Waals surface area contributed by atoms with Gasteiger partial charge in [0, 0.05) is 30.3 Å². The van der Waals surface area contributed by atoms with Crippen molar-refractivity contribution >= 4 is 23.2 Å². The van der Waals surface area contributed by atoms with E-state index in [1.54, 1.807) is 18.2 Å². The summed E-state index contributed by atoms with van der Waals surface area (Å²) in [4.78, 5) is 2.28. The van der Waals surface area contributed by atoms with Crippen LogP contribution in [-0.4, -0.2) is 53.6 Å². The third-order valence-corrected chi connectivity index (χ3v) is 4.51. The molecule has 2 atom stereocenters. The molecule has 2 rings (SSSR count). The third-order valence-electron chi connectivity index (χ3n) is 3.96. The summed E-state index contributed by atoms with van der Waals surface area (Å²) in [6, 6.07) is 5.48. The minimum absolute atomic E-state index is 0.184. The molecule has 1 aromatic rings. The summed E-state index contributed by atoms with van der Waals surface area (Å²) in [6.45, 7) is 1.98. The van der Waals surface area contributed by atoms with Crippen molar-refractivity contribution in [2.24, 2.45) is 0 Å². The second-order valence-electron chi connectivity index (χ2n) is 5.70. The highest BCUT2D eigenvalue weighted by Crippen LogP contribution is 2.28. The Morgan fingerprint density at radius 3 is 2.95 bits per heavy atom. The Morgan fingerprint density at radius 1 is 1.36 bits per heavy atom. The number of nitrogens with zero attached hydrogens (tertiary/aromatic N) is 1. The first-order valence-electron chi connectivity index (χ1n) is 7.71. The number of aliphatic hydroxyl groups is 2. The minimum Gasteiger partial charge on any atom is -0.489 e. The van der Waals surface area contributed by atoms with Crippen molar-refractivity contribution in [3.8, 4) is 5.75 Å². The molecule has 4 nitrogen and oxygen atoms in total. The zero-order chi connectivity index (χ0) is 15.9. The van der Waals surface area contributed by atoms with Gasteiger partial charge in [-0.1, -0.05) is 23.2 Å². The molecule has 0 spiro atoms. The van der Waals surface area contributed by atoms with Crippen LogP contribution in [0.5, 0.6) is 5.75 Å². The lowest BCUT2D eigenvalue weighted by Gasteiger charge is -2.26. The number of hydrogen-bond donors (Lipinski definition) is 2. The monoisotopic (exact) mass is 347 g/mol. The molecule has 2 unspecified atom stereocenters. The highest BCUT2D eigenvalue weighted by molar-refractivity contribution is 6.34. The van der Waals surface area contributed by atoms with Gasteiger partial charge in [0.25, 0.3) is 0 Å². The predicted octanol–water partition coefficient (Wildman–Crippen LogP) is 2.97. The van der Waals surface area contributed by atoms with E-state index in [0.717, 1.165) is 32.2 Å². The van der Waals surface area contributed by atoms with Crippen LogP contribution in [0.3, 0.4) is 0 Å². The van der Waals surface area contributed by atoms with Gasteiger partial charge in [-0.05, 0) is 44.4 Å². The summed E-state index contributed by atoms with van der Waals surface area (Å²) in [7, 11) is 0. The Hall–Kier alpha value is -0.520. The van der Waals surface area contributed by atoms with Gasteiger partial charge in [-0.25, -0.2) is 0 Å². The van der Waals surface area contributed by atoms with Gasteiger partial charge in [0.15, 0.2) is 0 Å². The van der Waals surface area contributed by atoms with Crippen molar-refractivity contribution in [3.63, 3.8) is 0 Å². The molecule has 0 amide bonds. The van der Waals surface area contributed by atoms with Crippen LogP contribution in [0, 0.1) is 0 Å². The number of ether oxygens (including phenoxy) is 1. The number of β-amino-alcohol motifs (C(OH)–C–C–N with tert-alkyl or cyclic N) is 1. The van der Waals surface area contributed by atoms with Crippen LogP contribution in [-0.2, 0) is 0 Å². The zero-order valence-corrected chi connectivity index (χ0v) is 14.1. The number of rotatable bonds is 8. The van der Waals surface area contributed by atoms with E-state index >= 15 is 0 Å². The lowest BCUT2D eigenvalue weighted by molar-refractivity contribution is 0.0617. The summed E-state index contributed by atoms with van der Waals surface area (Å²) < 4.78 is 5.57. The van der Waals surface area contributed by atoms with E-state index < -0.39 is 6.10 Å². The van der Waals surface area contributed by atoms with Crippen LogP contribution in [0.15, 0.2) is 18.2 Å². The molecule has 0 saturated carbocycles. The second-order valence-corrected chi connectivity index (χ2v) is 6.54. The molecular weight excluding hydrogens is 325 g/mol. The molecule has 0 radical (unpaired) electrons. The molecule has 0 aromatic heterocycles. The highest BCUT2D eigenvalue weighted by Gasteiger charge is 2.25. The molecule has 0 bridgehead atoms. The Labute approximate surface area is 141 Å². The van der Waals surface area contributed by atoms with Crippen molar-refractivity contribution < 1.29 is 14.9 Å².